The summed E-state index contributed by atoms with van der Waals surface area (Å²) < 4.78 is 37.0. The van der Waals surface area contributed by atoms with E-state index in [1.165, 1.54) is 0 Å². The number of amides is 1. The van der Waals surface area contributed by atoms with Crippen LogP contribution in [0, 0.1) is 13.8 Å². The highest BCUT2D eigenvalue weighted by Crippen LogP contribution is 2.15. The highest BCUT2D eigenvalue weighted by molar-refractivity contribution is 5.75. The summed E-state index contributed by atoms with van der Waals surface area (Å²) in [5.74, 6) is -0.591. The summed E-state index contributed by atoms with van der Waals surface area (Å²) in [7, 11) is 1.79. The van der Waals surface area contributed by atoms with E-state index < -0.39 is 18.7 Å². The monoisotopic (exact) mass is 279 g/mol. The van der Waals surface area contributed by atoms with Crippen LogP contribution in [0.5, 0.6) is 0 Å². The van der Waals surface area contributed by atoms with Crippen LogP contribution >= 0.6 is 0 Å². The summed E-state index contributed by atoms with van der Waals surface area (Å²) in [6, 6.07) is 0. The molecule has 19 heavy (non-hydrogen) atoms. The van der Waals surface area contributed by atoms with Crippen molar-refractivity contribution in [2.75, 3.05) is 6.61 Å². The maximum atomic E-state index is 11.8. The third-order valence-corrected chi connectivity index (χ3v) is 2.68. The Balaban J connectivity index is 2.38. The largest absolute Gasteiger partial charge is 0.414 e. The van der Waals surface area contributed by atoms with Crippen molar-refractivity contribution >= 4 is 5.91 Å². The number of hydroxylamine groups is 1. The molecule has 108 valence electrons. The van der Waals surface area contributed by atoms with Gasteiger partial charge in [0.2, 0.25) is 5.91 Å². The van der Waals surface area contributed by atoms with E-state index in [0.717, 1.165) is 17.0 Å². The van der Waals surface area contributed by atoms with E-state index in [1.807, 2.05) is 13.8 Å². The van der Waals surface area contributed by atoms with Gasteiger partial charge in [-0.2, -0.15) is 18.3 Å². The molecule has 0 aromatic carbocycles. The number of halogens is 3. The van der Waals surface area contributed by atoms with E-state index in [0.29, 0.717) is 6.42 Å². The van der Waals surface area contributed by atoms with Crippen molar-refractivity contribution in [3.05, 3.63) is 17.0 Å². The Morgan fingerprint density at radius 1 is 1.42 bits per heavy atom. The molecule has 1 N–H and O–H groups in total. The first-order valence-electron chi connectivity index (χ1n) is 5.67. The molecule has 1 amide bonds. The molecule has 0 unspecified atom stereocenters. The Morgan fingerprint density at radius 2 is 2.05 bits per heavy atom. The molecule has 0 aliphatic carbocycles. The molecule has 1 rings (SSSR count). The summed E-state index contributed by atoms with van der Waals surface area (Å²) in [4.78, 5) is 15.4. The number of nitrogens with zero attached hydrogens (tertiary/aromatic N) is 2. The van der Waals surface area contributed by atoms with Crippen molar-refractivity contribution in [2.45, 2.75) is 32.9 Å². The van der Waals surface area contributed by atoms with Crippen molar-refractivity contribution in [3.8, 4) is 0 Å². The summed E-state index contributed by atoms with van der Waals surface area (Å²) in [5, 5.41) is 4.19. The number of aryl methyl sites for hydroxylation is 2. The Bertz CT molecular complexity index is 455. The van der Waals surface area contributed by atoms with E-state index in [4.69, 9.17) is 0 Å². The van der Waals surface area contributed by atoms with Crippen LogP contribution in [-0.2, 0) is 23.1 Å². The number of hydrogen-bond acceptors (Lipinski definition) is 3. The second-order valence-electron chi connectivity index (χ2n) is 4.20. The van der Waals surface area contributed by atoms with Crippen LogP contribution in [0.1, 0.15) is 23.4 Å². The van der Waals surface area contributed by atoms with E-state index in [2.05, 4.69) is 9.94 Å². The van der Waals surface area contributed by atoms with Crippen LogP contribution in [0.3, 0.4) is 0 Å². The minimum atomic E-state index is -4.45. The minimum Gasteiger partial charge on any atom is -0.273 e. The fourth-order valence-corrected chi connectivity index (χ4v) is 1.67. The smallest absolute Gasteiger partial charge is 0.273 e. The highest BCUT2D eigenvalue weighted by Gasteiger charge is 2.28. The highest BCUT2D eigenvalue weighted by atomic mass is 19.4. The number of aromatic nitrogens is 2. The van der Waals surface area contributed by atoms with Crippen LogP contribution in [-0.4, -0.2) is 28.5 Å². The molecule has 0 spiro atoms. The lowest BCUT2D eigenvalue weighted by atomic mass is 10.1. The zero-order valence-electron chi connectivity index (χ0n) is 11.0. The lowest BCUT2D eigenvalue weighted by Crippen LogP contribution is -2.29. The molecular formula is C11H16F3N3O2. The van der Waals surface area contributed by atoms with Gasteiger partial charge < -0.3 is 0 Å². The molecule has 0 saturated carbocycles. The average molecular weight is 279 g/mol. The summed E-state index contributed by atoms with van der Waals surface area (Å²) >= 11 is 0. The molecule has 0 aliphatic heterocycles. The van der Waals surface area contributed by atoms with Gasteiger partial charge in [-0.15, -0.1) is 0 Å². The van der Waals surface area contributed by atoms with Crippen molar-refractivity contribution in [2.24, 2.45) is 7.05 Å². The molecule has 1 aromatic rings. The Labute approximate surface area is 108 Å². The zero-order chi connectivity index (χ0) is 14.6. The minimum absolute atomic E-state index is 0.0469. The molecule has 0 fully saturated rings. The number of hydrogen-bond donors (Lipinski definition) is 1. The van der Waals surface area contributed by atoms with Gasteiger partial charge in [0.15, 0.2) is 6.61 Å². The average Bonchev–Trinajstić information content (AvgIpc) is 2.49. The Hall–Kier alpha value is -1.57. The molecule has 8 heteroatoms. The number of alkyl halides is 3. The fraction of sp³-hybridized carbons (Fsp3) is 0.636. The van der Waals surface area contributed by atoms with E-state index in [-0.39, 0.29) is 6.42 Å². The summed E-state index contributed by atoms with van der Waals surface area (Å²) in [5.41, 5.74) is 4.43. The quantitative estimate of drug-likeness (QED) is 0.833. The SMILES string of the molecule is Cc1nn(C)c(C)c1CCC(=O)NOCC(F)(F)F. The molecule has 5 nitrogen and oxygen atoms in total. The Kier molecular flexibility index (Phi) is 4.93. The van der Waals surface area contributed by atoms with Crippen LogP contribution in [0.4, 0.5) is 13.2 Å². The lowest BCUT2D eigenvalue weighted by molar-refractivity contribution is -0.191. The van der Waals surface area contributed by atoms with E-state index in [9.17, 15) is 18.0 Å². The predicted molar refractivity (Wildman–Crippen MR) is 61.2 cm³/mol. The van der Waals surface area contributed by atoms with E-state index in [1.54, 1.807) is 17.2 Å². The molecular weight excluding hydrogens is 263 g/mol. The van der Waals surface area contributed by atoms with E-state index >= 15 is 0 Å². The second-order valence-corrected chi connectivity index (χ2v) is 4.20. The Morgan fingerprint density at radius 3 is 2.53 bits per heavy atom. The number of rotatable bonds is 5. The molecule has 0 radical (unpaired) electrons. The first-order valence-corrected chi connectivity index (χ1v) is 5.67. The van der Waals surface area contributed by atoms with Crippen LogP contribution in [0.2, 0.25) is 0 Å². The van der Waals surface area contributed by atoms with Crippen molar-refractivity contribution in [3.63, 3.8) is 0 Å². The van der Waals surface area contributed by atoms with Gasteiger partial charge in [-0.1, -0.05) is 0 Å². The topological polar surface area (TPSA) is 56.2 Å². The fourth-order valence-electron chi connectivity index (χ4n) is 1.67. The third kappa shape index (κ3) is 4.90. The summed E-state index contributed by atoms with van der Waals surface area (Å²) in [6.07, 6.45) is -4.00. The number of nitrogens with one attached hydrogen (secondary N) is 1. The van der Waals surface area contributed by atoms with Crippen molar-refractivity contribution in [1.29, 1.82) is 0 Å². The lowest BCUT2D eigenvalue weighted by Gasteiger charge is -2.08. The first kappa shape index (κ1) is 15.5. The van der Waals surface area contributed by atoms with Gasteiger partial charge in [0.1, 0.15) is 0 Å². The van der Waals surface area contributed by atoms with Gasteiger partial charge in [0, 0.05) is 19.2 Å². The standard InChI is InChI=1S/C11H16F3N3O2/c1-7-9(8(2)17(3)15-7)4-5-10(18)16-19-6-11(12,13)14/h4-6H2,1-3H3,(H,16,18). The predicted octanol–water partition coefficient (Wildman–Crippen LogP) is 1.58. The molecule has 0 atom stereocenters. The molecule has 1 heterocycles. The summed E-state index contributed by atoms with van der Waals surface area (Å²) in [6.45, 7) is 2.19. The zero-order valence-corrected chi connectivity index (χ0v) is 11.0. The normalized spacial score (nSPS) is 11.7. The van der Waals surface area contributed by atoms with Gasteiger partial charge in [-0.3, -0.25) is 14.3 Å². The van der Waals surface area contributed by atoms with Crippen LogP contribution in [0.15, 0.2) is 0 Å². The molecule has 1 aromatic heterocycles. The van der Waals surface area contributed by atoms with Gasteiger partial charge in [0.05, 0.1) is 5.69 Å². The van der Waals surface area contributed by atoms with Gasteiger partial charge in [0.25, 0.3) is 0 Å². The molecule has 0 saturated heterocycles. The molecule has 0 bridgehead atoms. The van der Waals surface area contributed by atoms with Gasteiger partial charge in [-0.05, 0) is 25.8 Å². The third-order valence-electron chi connectivity index (χ3n) is 2.68. The molecule has 0 aliphatic rings. The van der Waals surface area contributed by atoms with Crippen molar-refractivity contribution < 1.29 is 22.8 Å². The van der Waals surface area contributed by atoms with Crippen LogP contribution < -0.4 is 5.48 Å². The van der Waals surface area contributed by atoms with Gasteiger partial charge in [-0.25, -0.2) is 5.48 Å². The second kappa shape index (κ2) is 6.05. The number of carbonyl (C=O) groups is 1. The van der Waals surface area contributed by atoms with Gasteiger partial charge >= 0.3 is 6.18 Å². The number of carbonyl (C=O) groups excluding carboxylic acids is 1. The van der Waals surface area contributed by atoms with Crippen molar-refractivity contribution in [1.82, 2.24) is 15.3 Å². The maximum absolute atomic E-state index is 11.8. The maximum Gasteiger partial charge on any atom is 0.414 e. The first-order chi connectivity index (χ1) is 8.70. The van der Waals surface area contributed by atoms with Crippen LogP contribution in [0.25, 0.3) is 0 Å².